The van der Waals surface area contributed by atoms with E-state index in [2.05, 4.69) is 34.6 Å². The normalized spacial score (nSPS) is 14.9. The van der Waals surface area contributed by atoms with Crippen LogP contribution in [0.25, 0.3) is 6.20 Å². The maximum atomic E-state index is 13.8. The number of allylic oxidation sites excluding steroid dienone is 6. The second-order valence-electron chi connectivity index (χ2n) is 7.38. The summed E-state index contributed by atoms with van der Waals surface area (Å²) in [5.74, 6) is 0.340. The topological polar surface area (TPSA) is 94.5 Å². The Morgan fingerprint density at radius 1 is 1.36 bits per heavy atom. The lowest BCUT2D eigenvalue weighted by atomic mass is 9.97. The predicted molar refractivity (Wildman–Crippen MR) is 134 cm³/mol. The highest BCUT2D eigenvalue weighted by molar-refractivity contribution is 6.06. The van der Waals surface area contributed by atoms with Crippen LogP contribution in [0.5, 0.6) is 5.75 Å². The molecule has 1 aromatic carbocycles. The van der Waals surface area contributed by atoms with Crippen molar-refractivity contribution in [2.75, 3.05) is 19.5 Å². The van der Waals surface area contributed by atoms with Gasteiger partial charge in [-0.15, -0.1) is 0 Å². The summed E-state index contributed by atoms with van der Waals surface area (Å²) in [5, 5.41) is 7.94. The van der Waals surface area contributed by atoms with Gasteiger partial charge in [-0.3, -0.25) is 9.79 Å². The molecule has 0 fully saturated rings. The number of aryl methyl sites for hydroxylation is 1. The predicted octanol–water partition coefficient (Wildman–Crippen LogP) is 4.24. The van der Waals surface area contributed by atoms with E-state index in [0.29, 0.717) is 28.3 Å². The number of carbonyl (C=O) groups excluding carboxylic acids is 1. The third kappa shape index (κ3) is 5.38. The first-order valence-corrected chi connectivity index (χ1v) is 10.6. The number of nitrogens with two attached hydrogens (primary N) is 1. The number of anilines is 1. The van der Waals surface area contributed by atoms with Crippen LogP contribution in [-0.2, 0) is 11.2 Å². The van der Waals surface area contributed by atoms with Crippen molar-refractivity contribution >= 4 is 23.9 Å². The standard InChI is InChI=1S/C26H29N5O2/c1-5-10-18(6-2)22(17-28-3)24(27)26(32)25(29-19-11-9-13-21(15-19)33-4)23-16-20-12-7-8-14-31(20)30-23/h5-6,8-11,13-17,25,29H,1-2,7,12,27H2,3-4H3/b18-10+,24-22?,28-17?. The summed E-state index contributed by atoms with van der Waals surface area (Å²) < 4.78 is 7.13. The summed E-state index contributed by atoms with van der Waals surface area (Å²) in [7, 11) is 3.21. The number of fused-ring (bicyclic) bond motifs is 1. The molecule has 0 radical (unpaired) electrons. The van der Waals surface area contributed by atoms with Crippen LogP contribution in [0, 0.1) is 0 Å². The van der Waals surface area contributed by atoms with Crippen molar-refractivity contribution in [3.8, 4) is 5.75 Å². The zero-order valence-corrected chi connectivity index (χ0v) is 19.0. The highest BCUT2D eigenvalue weighted by atomic mass is 16.5. The lowest BCUT2D eigenvalue weighted by molar-refractivity contribution is -0.116. The summed E-state index contributed by atoms with van der Waals surface area (Å²) in [6.07, 6.45) is 12.3. The third-order valence-corrected chi connectivity index (χ3v) is 5.23. The Kier molecular flexibility index (Phi) is 7.81. The molecule has 3 rings (SSSR count). The Labute approximate surface area is 194 Å². The van der Waals surface area contributed by atoms with Gasteiger partial charge < -0.3 is 15.8 Å². The highest BCUT2D eigenvalue weighted by Gasteiger charge is 2.28. The number of methoxy groups -OCH3 is 1. The van der Waals surface area contributed by atoms with Gasteiger partial charge >= 0.3 is 0 Å². The third-order valence-electron chi connectivity index (χ3n) is 5.23. The van der Waals surface area contributed by atoms with E-state index in [-0.39, 0.29) is 11.5 Å². The number of aliphatic imine (C=N–C) groups is 1. The van der Waals surface area contributed by atoms with Gasteiger partial charge in [-0.1, -0.05) is 43.5 Å². The number of rotatable bonds is 10. The molecule has 2 heterocycles. The Morgan fingerprint density at radius 3 is 2.85 bits per heavy atom. The number of nitrogens with zero attached hydrogens (tertiary/aromatic N) is 3. The van der Waals surface area contributed by atoms with Crippen LogP contribution in [0.1, 0.15) is 23.9 Å². The molecule has 170 valence electrons. The molecule has 7 heteroatoms. The molecule has 0 saturated heterocycles. The van der Waals surface area contributed by atoms with E-state index in [4.69, 9.17) is 10.5 Å². The van der Waals surface area contributed by atoms with Gasteiger partial charge in [0.15, 0.2) is 0 Å². The fraction of sp³-hybridized carbons (Fsp3) is 0.192. The minimum atomic E-state index is -0.821. The monoisotopic (exact) mass is 443 g/mol. The van der Waals surface area contributed by atoms with Crippen LogP contribution >= 0.6 is 0 Å². The molecule has 7 nitrogen and oxygen atoms in total. The van der Waals surface area contributed by atoms with Gasteiger partial charge in [0.2, 0.25) is 5.78 Å². The van der Waals surface area contributed by atoms with Crippen molar-refractivity contribution in [3.05, 3.63) is 96.0 Å². The minimum Gasteiger partial charge on any atom is -0.497 e. The Morgan fingerprint density at radius 2 is 2.18 bits per heavy atom. The molecule has 1 atom stereocenters. The maximum Gasteiger partial charge on any atom is 0.207 e. The Hall–Kier alpha value is -4.13. The van der Waals surface area contributed by atoms with Gasteiger partial charge in [0, 0.05) is 42.5 Å². The second-order valence-corrected chi connectivity index (χ2v) is 7.38. The molecule has 1 aliphatic heterocycles. The van der Waals surface area contributed by atoms with Gasteiger partial charge in [-0.2, -0.15) is 5.10 Å². The van der Waals surface area contributed by atoms with E-state index >= 15 is 0 Å². The number of carbonyl (C=O) groups is 1. The number of nitrogens with one attached hydrogen (secondary N) is 1. The molecule has 3 N–H and O–H groups in total. The fourth-order valence-corrected chi connectivity index (χ4v) is 3.58. The summed E-state index contributed by atoms with van der Waals surface area (Å²) in [6.45, 7) is 7.55. The van der Waals surface area contributed by atoms with Crippen molar-refractivity contribution in [1.29, 1.82) is 0 Å². The molecule has 0 aliphatic carbocycles. The second kappa shape index (κ2) is 10.9. The number of Topliss-reactive ketones (excluding diaryl/α,β-unsaturated/α-hetero) is 1. The Bertz CT molecular complexity index is 1170. The zero-order valence-electron chi connectivity index (χ0n) is 19.0. The SMILES string of the molecule is C=C/C=C(\C=C)C(C=NC)=C(N)C(=O)C(Nc1cccc(OC)c1)c1cc2n(n1)C=CCC2. The fourth-order valence-electron chi connectivity index (χ4n) is 3.58. The lowest BCUT2D eigenvalue weighted by Crippen LogP contribution is -2.28. The largest absolute Gasteiger partial charge is 0.497 e. The highest BCUT2D eigenvalue weighted by Crippen LogP contribution is 2.27. The van der Waals surface area contributed by atoms with Gasteiger partial charge in [0.05, 0.1) is 18.5 Å². The average Bonchev–Trinajstić information content (AvgIpc) is 3.28. The first kappa shape index (κ1) is 23.5. The van der Waals surface area contributed by atoms with E-state index in [9.17, 15) is 4.79 Å². The number of aromatic nitrogens is 2. The Balaban J connectivity index is 2.10. The summed E-state index contributed by atoms with van der Waals surface area (Å²) in [4.78, 5) is 17.8. The van der Waals surface area contributed by atoms with Crippen molar-refractivity contribution in [2.45, 2.75) is 18.9 Å². The quantitative estimate of drug-likeness (QED) is 0.325. The van der Waals surface area contributed by atoms with Crippen molar-refractivity contribution in [3.63, 3.8) is 0 Å². The van der Waals surface area contributed by atoms with E-state index < -0.39 is 6.04 Å². The molecular weight excluding hydrogens is 414 g/mol. The van der Waals surface area contributed by atoms with E-state index in [1.165, 1.54) is 0 Å². The van der Waals surface area contributed by atoms with Gasteiger partial charge in [-0.25, -0.2) is 4.68 Å². The van der Waals surface area contributed by atoms with Crippen LogP contribution < -0.4 is 15.8 Å². The smallest absolute Gasteiger partial charge is 0.207 e. The van der Waals surface area contributed by atoms with Crippen molar-refractivity contribution in [2.24, 2.45) is 10.7 Å². The van der Waals surface area contributed by atoms with Crippen LogP contribution in [0.4, 0.5) is 5.69 Å². The average molecular weight is 444 g/mol. The molecule has 0 bridgehead atoms. The van der Waals surface area contributed by atoms with E-state index in [1.54, 1.807) is 43.3 Å². The summed E-state index contributed by atoms with van der Waals surface area (Å²) in [6, 6.07) is 8.48. The summed E-state index contributed by atoms with van der Waals surface area (Å²) in [5.41, 5.74) is 9.92. The molecule has 2 aromatic rings. The zero-order chi connectivity index (χ0) is 23.8. The molecule has 0 spiro atoms. The molecule has 1 unspecified atom stereocenters. The molecule has 1 aliphatic rings. The van der Waals surface area contributed by atoms with Crippen molar-refractivity contribution in [1.82, 2.24) is 9.78 Å². The number of ketones is 1. The van der Waals surface area contributed by atoms with Crippen molar-refractivity contribution < 1.29 is 9.53 Å². The number of benzene rings is 1. The first-order valence-electron chi connectivity index (χ1n) is 10.6. The first-order chi connectivity index (χ1) is 16.0. The van der Waals surface area contributed by atoms with E-state index in [0.717, 1.165) is 18.5 Å². The molecule has 33 heavy (non-hydrogen) atoms. The molecule has 0 amide bonds. The lowest BCUT2D eigenvalue weighted by Gasteiger charge is -2.19. The number of hydrogen-bond donors (Lipinski definition) is 2. The van der Waals surface area contributed by atoms with Gasteiger partial charge in [0.25, 0.3) is 0 Å². The van der Waals surface area contributed by atoms with Crippen LogP contribution in [0.3, 0.4) is 0 Å². The van der Waals surface area contributed by atoms with Gasteiger partial charge in [0.1, 0.15) is 11.8 Å². The number of ether oxygens (including phenoxy) is 1. The maximum absolute atomic E-state index is 13.8. The minimum absolute atomic E-state index is 0.0514. The molecular formula is C26H29N5O2. The number of hydrogen-bond acceptors (Lipinski definition) is 6. The van der Waals surface area contributed by atoms with Crippen LogP contribution in [0.2, 0.25) is 0 Å². The van der Waals surface area contributed by atoms with Crippen LogP contribution in [-0.4, -0.2) is 35.9 Å². The molecule has 1 aromatic heterocycles. The van der Waals surface area contributed by atoms with E-state index in [1.807, 2.05) is 36.5 Å². The van der Waals surface area contributed by atoms with Gasteiger partial charge in [-0.05, 0) is 36.6 Å². The van der Waals surface area contributed by atoms with Crippen LogP contribution in [0.15, 0.2) is 89.6 Å². The summed E-state index contributed by atoms with van der Waals surface area (Å²) >= 11 is 0. The molecule has 0 saturated carbocycles.